The normalized spacial score (nSPS) is 14.7. The minimum atomic E-state index is -0.959. The first-order valence-electron chi connectivity index (χ1n) is 12.0. The molecule has 0 unspecified atom stereocenters. The number of hydrogen-bond donors (Lipinski definition) is 0. The zero-order valence-electron chi connectivity index (χ0n) is 20.9. The molecule has 1 saturated heterocycles. The van der Waals surface area contributed by atoms with Crippen molar-refractivity contribution in [1.29, 1.82) is 0 Å². The van der Waals surface area contributed by atoms with Crippen molar-refractivity contribution in [2.75, 3.05) is 32.4 Å². The van der Waals surface area contributed by atoms with E-state index in [0.29, 0.717) is 44.0 Å². The van der Waals surface area contributed by atoms with E-state index in [1.807, 2.05) is 48.7 Å². The molecule has 0 aliphatic carbocycles. The van der Waals surface area contributed by atoms with Crippen LogP contribution in [0.25, 0.3) is 0 Å². The number of piperazine rings is 1. The zero-order valence-corrected chi connectivity index (χ0v) is 21.7. The first kappa shape index (κ1) is 26.5. The van der Waals surface area contributed by atoms with E-state index in [2.05, 4.69) is 4.90 Å². The van der Waals surface area contributed by atoms with Gasteiger partial charge in [0.25, 0.3) is 5.91 Å². The van der Waals surface area contributed by atoms with Crippen LogP contribution < -0.4 is 10.2 Å². The van der Waals surface area contributed by atoms with Crippen LogP contribution in [0.1, 0.15) is 29.9 Å². The van der Waals surface area contributed by atoms with Gasteiger partial charge in [-0.1, -0.05) is 42.5 Å². The summed E-state index contributed by atoms with van der Waals surface area (Å²) in [5.41, 5.74) is 1.38. The Morgan fingerprint density at radius 2 is 1.73 bits per heavy atom. The molecule has 8 nitrogen and oxygen atoms in total. The number of nitrogens with zero attached hydrogens (tertiary/aromatic N) is 2. The standard InChI is InChI=1S/C28H30N2O6S/c1-20(31)36-27(22-6-4-3-5-7-22)28(33)30-14-12-29(13-15-30)17-23-16-25(32)26(19-34-23)35-18-21-8-10-24(37-2)11-9-21/h3-11,16,19,27H,12-15,17-18H2,1-2H3/t27-/m0/s1. The molecule has 0 saturated carbocycles. The van der Waals surface area contributed by atoms with Gasteiger partial charge in [0.2, 0.25) is 17.3 Å². The lowest BCUT2D eigenvalue weighted by atomic mass is 10.1. The number of thioether (sulfide) groups is 1. The van der Waals surface area contributed by atoms with Crippen LogP contribution >= 0.6 is 11.8 Å². The second-order valence-electron chi connectivity index (χ2n) is 8.71. The Morgan fingerprint density at radius 1 is 1.03 bits per heavy atom. The lowest BCUT2D eigenvalue weighted by Gasteiger charge is -2.35. The summed E-state index contributed by atoms with van der Waals surface area (Å²) in [5.74, 6) is -0.0389. The number of hydrogen-bond acceptors (Lipinski definition) is 8. The van der Waals surface area contributed by atoms with E-state index in [9.17, 15) is 14.4 Å². The highest BCUT2D eigenvalue weighted by molar-refractivity contribution is 7.98. The Labute approximate surface area is 220 Å². The molecular weight excluding hydrogens is 492 g/mol. The summed E-state index contributed by atoms with van der Waals surface area (Å²) in [6, 6.07) is 18.4. The third-order valence-corrected chi connectivity index (χ3v) is 6.82. The van der Waals surface area contributed by atoms with E-state index in [0.717, 1.165) is 5.56 Å². The molecular formula is C28H30N2O6S. The van der Waals surface area contributed by atoms with Crippen molar-refractivity contribution in [3.63, 3.8) is 0 Å². The molecule has 1 atom stereocenters. The number of benzene rings is 2. The van der Waals surface area contributed by atoms with Crippen molar-refractivity contribution >= 4 is 23.6 Å². The maximum absolute atomic E-state index is 13.1. The molecule has 3 aromatic rings. The van der Waals surface area contributed by atoms with Crippen molar-refractivity contribution in [2.24, 2.45) is 0 Å². The molecule has 1 aliphatic heterocycles. The minimum absolute atomic E-state index is 0.172. The maximum Gasteiger partial charge on any atom is 0.303 e. The summed E-state index contributed by atoms with van der Waals surface area (Å²) in [5, 5.41) is 0. The smallest absolute Gasteiger partial charge is 0.303 e. The minimum Gasteiger partial charge on any atom is -0.482 e. The third-order valence-electron chi connectivity index (χ3n) is 6.08. The second kappa shape index (κ2) is 12.6. The van der Waals surface area contributed by atoms with Gasteiger partial charge >= 0.3 is 5.97 Å². The molecule has 37 heavy (non-hydrogen) atoms. The predicted molar refractivity (Wildman–Crippen MR) is 140 cm³/mol. The van der Waals surface area contributed by atoms with Crippen molar-refractivity contribution in [2.45, 2.75) is 31.1 Å². The Morgan fingerprint density at radius 3 is 2.35 bits per heavy atom. The van der Waals surface area contributed by atoms with Gasteiger partial charge < -0.3 is 18.8 Å². The van der Waals surface area contributed by atoms with Gasteiger partial charge in [0, 0.05) is 49.6 Å². The van der Waals surface area contributed by atoms with Crippen LogP contribution in [0.3, 0.4) is 0 Å². The molecule has 1 amide bonds. The summed E-state index contributed by atoms with van der Waals surface area (Å²) in [6.07, 6.45) is 2.42. The van der Waals surface area contributed by atoms with E-state index in [1.54, 1.807) is 28.8 Å². The highest BCUT2D eigenvalue weighted by atomic mass is 32.2. The fourth-order valence-electron chi connectivity index (χ4n) is 4.08. The second-order valence-corrected chi connectivity index (χ2v) is 9.59. The molecule has 0 N–H and O–H groups in total. The van der Waals surface area contributed by atoms with Crippen LogP contribution in [0.5, 0.6) is 5.75 Å². The predicted octanol–water partition coefficient (Wildman–Crippen LogP) is 3.89. The topological polar surface area (TPSA) is 89.3 Å². The van der Waals surface area contributed by atoms with Gasteiger partial charge in [-0.05, 0) is 24.0 Å². The highest BCUT2D eigenvalue weighted by Crippen LogP contribution is 2.22. The number of carbonyl (C=O) groups excluding carboxylic acids is 2. The molecule has 0 radical (unpaired) electrons. The van der Waals surface area contributed by atoms with Crippen molar-refractivity contribution in [1.82, 2.24) is 9.80 Å². The molecule has 1 aromatic heterocycles. The average molecular weight is 523 g/mol. The molecule has 1 aliphatic rings. The average Bonchev–Trinajstić information content (AvgIpc) is 2.92. The van der Waals surface area contributed by atoms with Crippen LogP contribution in [0.4, 0.5) is 0 Å². The van der Waals surface area contributed by atoms with Gasteiger partial charge in [-0.3, -0.25) is 19.3 Å². The van der Waals surface area contributed by atoms with Gasteiger partial charge in [0.15, 0.2) is 0 Å². The molecule has 0 spiro atoms. The SMILES string of the molecule is CSc1ccc(COc2coc(CN3CCN(C(=O)[C@@H](OC(C)=O)c4ccccc4)CC3)cc2=O)cc1. The molecule has 0 bridgehead atoms. The fraction of sp³-hybridized carbons (Fsp3) is 0.321. The number of amides is 1. The van der Waals surface area contributed by atoms with Crippen LogP contribution in [0.2, 0.25) is 0 Å². The molecule has 4 rings (SSSR count). The molecule has 9 heteroatoms. The van der Waals surface area contributed by atoms with Gasteiger partial charge in [-0.2, -0.15) is 0 Å². The van der Waals surface area contributed by atoms with Crippen LogP contribution in [-0.2, 0) is 27.5 Å². The van der Waals surface area contributed by atoms with Gasteiger partial charge in [0.1, 0.15) is 18.6 Å². The van der Waals surface area contributed by atoms with E-state index in [1.165, 1.54) is 24.1 Å². The Balaban J connectivity index is 1.30. The lowest BCUT2D eigenvalue weighted by Crippen LogP contribution is -2.50. The van der Waals surface area contributed by atoms with Crippen molar-refractivity contribution in [3.05, 3.63) is 94.0 Å². The van der Waals surface area contributed by atoms with Gasteiger partial charge in [-0.25, -0.2) is 0 Å². The fourth-order valence-corrected chi connectivity index (χ4v) is 4.49. The van der Waals surface area contributed by atoms with E-state index >= 15 is 0 Å². The Bertz CT molecular complexity index is 1250. The third kappa shape index (κ3) is 7.24. The van der Waals surface area contributed by atoms with Crippen LogP contribution in [0, 0.1) is 0 Å². The van der Waals surface area contributed by atoms with Gasteiger partial charge in [0.05, 0.1) is 6.54 Å². The zero-order chi connectivity index (χ0) is 26.2. The maximum atomic E-state index is 13.1. The van der Waals surface area contributed by atoms with Crippen molar-refractivity contribution in [3.8, 4) is 5.75 Å². The largest absolute Gasteiger partial charge is 0.482 e. The number of carbonyl (C=O) groups is 2. The molecule has 1 fully saturated rings. The van der Waals surface area contributed by atoms with Crippen molar-refractivity contribution < 1.29 is 23.5 Å². The van der Waals surface area contributed by atoms with E-state index in [4.69, 9.17) is 13.9 Å². The number of esters is 1. The molecule has 194 valence electrons. The summed E-state index contributed by atoms with van der Waals surface area (Å²) in [6.45, 7) is 4.18. The highest BCUT2D eigenvalue weighted by Gasteiger charge is 2.31. The summed E-state index contributed by atoms with van der Waals surface area (Å²) in [4.78, 5) is 42.3. The lowest BCUT2D eigenvalue weighted by molar-refractivity contribution is -0.160. The number of rotatable bonds is 9. The van der Waals surface area contributed by atoms with E-state index in [-0.39, 0.29) is 23.7 Å². The monoisotopic (exact) mass is 522 g/mol. The van der Waals surface area contributed by atoms with Crippen LogP contribution in [0.15, 0.2) is 81.0 Å². The summed E-state index contributed by atoms with van der Waals surface area (Å²) < 4.78 is 16.7. The quantitative estimate of drug-likeness (QED) is 0.309. The van der Waals surface area contributed by atoms with E-state index < -0.39 is 12.1 Å². The van der Waals surface area contributed by atoms with Gasteiger partial charge in [-0.15, -0.1) is 11.8 Å². The first-order valence-corrected chi connectivity index (χ1v) is 13.3. The summed E-state index contributed by atoms with van der Waals surface area (Å²) in [7, 11) is 0. The number of ether oxygens (including phenoxy) is 2. The molecule has 2 aromatic carbocycles. The first-order chi connectivity index (χ1) is 17.9. The molecule has 2 heterocycles. The van der Waals surface area contributed by atoms with Crippen LogP contribution in [-0.4, -0.2) is 54.1 Å². The Kier molecular flexibility index (Phi) is 9.03. The Hall–Kier alpha value is -3.56. The summed E-state index contributed by atoms with van der Waals surface area (Å²) >= 11 is 1.67.